The van der Waals surface area contributed by atoms with Crippen molar-refractivity contribution in [3.05, 3.63) is 58.9 Å². The molecule has 0 fully saturated rings. The highest BCUT2D eigenvalue weighted by Gasteiger charge is 2.07. The van der Waals surface area contributed by atoms with Gasteiger partial charge in [-0.3, -0.25) is 4.79 Å². The van der Waals surface area contributed by atoms with Crippen molar-refractivity contribution in [3.8, 4) is 11.1 Å². The zero-order valence-electron chi connectivity index (χ0n) is 9.83. The predicted octanol–water partition coefficient (Wildman–Crippen LogP) is 3.92. The largest absolute Gasteiger partial charge is 0.298 e. The summed E-state index contributed by atoms with van der Waals surface area (Å²) < 4.78 is 13.3. The number of hydrogen-bond acceptors (Lipinski definition) is 1. The molecule has 2 aromatic carbocycles. The van der Waals surface area contributed by atoms with Crippen molar-refractivity contribution in [3.63, 3.8) is 0 Å². The van der Waals surface area contributed by atoms with E-state index in [1.54, 1.807) is 0 Å². The third kappa shape index (κ3) is 2.41. The zero-order valence-corrected chi connectivity index (χ0v) is 9.83. The Labute approximate surface area is 99.9 Å². The van der Waals surface area contributed by atoms with Gasteiger partial charge in [-0.15, -0.1) is 0 Å². The number of rotatable bonds is 2. The van der Waals surface area contributed by atoms with Gasteiger partial charge >= 0.3 is 0 Å². The number of hydrogen-bond donors (Lipinski definition) is 0. The molecule has 0 unspecified atom stereocenters. The monoisotopic (exact) mass is 228 g/mol. The molecule has 0 spiro atoms. The van der Waals surface area contributed by atoms with Crippen molar-refractivity contribution in [2.75, 3.05) is 0 Å². The summed E-state index contributed by atoms with van der Waals surface area (Å²) >= 11 is 0. The van der Waals surface area contributed by atoms with Crippen molar-refractivity contribution in [2.45, 2.75) is 13.8 Å². The molecule has 2 aromatic rings. The second-order valence-electron chi connectivity index (χ2n) is 4.23. The predicted molar refractivity (Wildman–Crippen MR) is 66.7 cm³/mol. The molecule has 0 aromatic heterocycles. The van der Waals surface area contributed by atoms with Gasteiger partial charge in [0.2, 0.25) is 0 Å². The first kappa shape index (κ1) is 11.5. The van der Waals surface area contributed by atoms with E-state index in [4.69, 9.17) is 0 Å². The van der Waals surface area contributed by atoms with Crippen LogP contribution in [0.3, 0.4) is 0 Å². The molecule has 2 rings (SSSR count). The van der Waals surface area contributed by atoms with Crippen LogP contribution in [0.1, 0.15) is 21.5 Å². The van der Waals surface area contributed by atoms with Crippen LogP contribution in [0.4, 0.5) is 4.39 Å². The van der Waals surface area contributed by atoms with Crippen molar-refractivity contribution < 1.29 is 9.18 Å². The second kappa shape index (κ2) is 4.50. The molecule has 0 N–H and O–H groups in total. The van der Waals surface area contributed by atoms with E-state index >= 15 is 0 Å². The first-order valence-electron chi connectivity index (χ1n) is 5.43. The van der Waals surface area contributed by atoms with Crippen molar-refractivity contribution in [1.82, 2.24) is 0 Å². The Kier molecular flexibility index (Phi) is 3.05. The van der Waals surface area contributed by atoms with Gasteiger partial charge in [0.05, 0.1) is 0 Å². The number of halogens is 1. The third-order valence-corrected chi connectivity index (χ3v) is 2.67. The number of aryl methyl sites for hydroxylation is 2. The Morgan fingerprint density at radius 3 is 2.24 bits per heavy atom. The van der Waals surface area contributed by atoms with Crippen LogP contribution < -0.4 is 0 Å². The molecule has 2 heteroatoms. The summed E-state index contributed by atoms with van der Waals surface area (Å²) in [6.07, 6.45) is 0.756. The lowest BCUT2D eigenvalue weighted by atomic mass is 9.97. The summed E-state index contributed by atoms with van der Waals surface area (Å²) in [4.78, 5) is 11.0. The van der Waals surface area contributed by atoms with Crippen LogP contribution >= 0.6 is 0 Å². The fourth-order valence-electron chi connectivity index (χ4n) is 2.01. The van der Waals surface area contributed by atoms with Gasteiger partial charge in [-0.2, -0.15) is 0 Å². The van der Waals surface area contributed by atoms with Gasteiger partial charge < -0.3 is 0 Å². The number of carbonyl (C=O) groups excluding carboxylic acids is 1. The van der Waals surface area contributed by atoms with Gasteiger partial charge in [0.1, 0.15) is 5.82 Å². The fraction of sp³-hybridized carbons (Fsp3) is 0.133. The molecule has 0 heterocycles. The Morgan fingerprint density at radius 2 is 1.65 bits per heavy atom. The second-order valence-corrected chi connectivity index (χ2v) is 4.23. The van der Waals surface area contributed by atoms with Crippen LogP contribution in [0.25, 0.3) is 11.1 Å². The quantitative estimate of drug-likeness (QED) is 0.712. The lowest BCUT2D eigenvalue weighted by Crippen LogP contribution is -1.90. The van der Waals surface area contributed by atoms with Crippen LogP contribution in [-0.2, 0) is 0 Å². The molecular formula is C15H13FO. The summed E-state index contributed by atoms with van der Waals surface area (Å²) in [6.45, 7) is 3.97. The third-order valence-electron chi connectivity index (χ3n) is 2.67. The van der Waals surface area contributed by atoms with E-state index in [-0.39, 0.29) is 5.82 Å². The first-order chi connectivity index (χ1) is 8.10. The maximum absolute atomic E-state index is 13.3. The van der Waals surface area contributed by atoms with Gasteiger partial charge in [-0.1, -0.05) is 29.3 Å². The van der Waals surface area contributed by atoms with Gasteiger partial charge in [-0.05, 0) is 43.2 Å². The van der Waals surface area contributed by atoms with Crippen LogP contribution in [0.15, 0.2) is 36.4 Å². The molecule has 0 aliphatic rings. The normalized spacial score (nSPS) is 10.3. The minimum absolute atomic E-state index is 0.329. The highest BCUT2D eigenvalue weighted by molar-refractivity contribution is 5.87. The standard InChI is InChI=1S/C15H13FO/c1-10-5-11(2)7-13(6-10)15-8-14(16)4-3-12(15)9-17/h3-9H,1-2H3. The van der Waals surface area contributed by atoms with Gasteiger partial charge in [-0.25, -0.2) is 4.39 Å². The van der Waals surface area contributed by atoms with Crippen molar-refractivity contribution >= 4 is 6.29 Å². The minimum atomic E-state index is -0.329. The highest BCUT2D eigenvalue weighted by Crippen LogP contribution is 2.25. The summed E-state index contributed by atoms with van der Waals surface area (Å²) in [5.74, 6) is -0.329. The summed E-state index contributed by atoms with van der Waals surface area (Å²) in [5, 5.41) is 0. The van der Waals surface area contributed by atoms with Gasteiger partial charge in [0, 0.05) is 5.56 Å². The molecule has 1 nitrogen and oxygen atoms in total. The van der Waals surface area contributed by atoms with E-state index in [9.17, 15) is 9.18 Å². The van der Waals surface area contributed by atoms with Crippen molar-refractivity contribution in [1.29, 1.82) is 0 Å². The SMILES string of the molecule is Cc1cc(C)cc(-c2cc(F)ccc2C=O)c1. The lowest BCUT2D eigenvalue weighted by molar-refractivity contribution is 0.112. The Hall–Kier alpha value is -1.96. The van der Waals surface area contributed by atoms with E-state index < -0.39 is 0 Å². The molecule has 0 atom stereocenters. The summed E-state index contributed by atoms with van der Waals surface area (Å²) in [6, 6.07) is 10.2. The first-order valence-corrected chi connectivity index (χ1v) is 5.43. The highest BCUT2D eigenvalue weighted by atomic mass is 19.1. The van der Waals surface area contributed by atoms with Crippen LogP contribution in [-0.4, -0.2) is 6.29 Å². The molecule has 17 heavy (non-hydrogen) atoms. The minimum Gasteiger partial charge on any atom is -0.298 e. The molecule has 0 aliphatic carbocycles. The van der Waals surface area contributed by atoms with Crippen LogP contribution in [0.2, 0.25) is 0 Å². The molecule has 0 bridgehead atoms. The van der Waals surface area contributed by atoms with E-state index in [0.717, 1.165) is 23.0 Å². The van der Waals surface area contributed by atoms with E-state index in [2.05, 4.69) is 0 Å². The topological polar surface area (TPSA) is 17.1 Å². The van der Waals surface area contributed by atoms with E-state index in [1.165, 1.54) is 18.2 Å². The molecular weight excluding hydrogens is 215 g/mol. The molecule has 0 radical (unpaired) electrons. The number of aldehydes is 1. The van der Waals surface area contributed by atoms with Crippen LogP contribution in [0, 0.1) is 19.7 Å². The van der Waals surface area contributed by atoms with Crippen molar-refractivity contribution in [2.24, 2.45) is 0 Å². The molecule has 86 valence electrons. The molecule has 0 aliphatic heterocycles. The van der Waals surface area contributed by atoms with E-state index in [0.29, 0.717) is 11.1 Å². The maximum atomic E-state index is 13.3. The molecule has 0 saturated carbocycles. The Morgan fingerprint density at radius 1 is 1.00 bits per heavy atom. The van der Waals surface area contributed by atoms with Crippen LogP contribution in [0.5, 0.6) is 0 Å². The van der Waals surface area contributed by atoms with Gasteiger partial charge in [0.25, 0.3) is 0 Å². The Balaban J connectivity index is 2.66. The number of carbonyl (C=O) groups is 1. The molecule has 0 saturated heterocycles. The smallest absolute Gasteiger partial charge is 0.150 e. The summed E-state index contributed by atoms with van der Waals surface area (Å²) in [7, 11) is 0. The lowest BCUT2D eigenvalue weighted by Gasteiger charge is -2.08. The number of benzene rings is 2. The Bertz CT molecular complexity index is 553. The zero-order chi connectivity index (χ0) is 12.4. The van der Waals surface area contributed by atoms with E-state index in [1.807, 2.05) is 32.0 Å². The fourth-order valence-corrected chi connectivity index (χ4v) is 2.01. The molecule has 0 amide bonds. The summed E-state index contributed by atoms with van der Waals surface area (Å²) in [5.41, 5.74) is 4.23. The average molecular weight is 228 g/mol. The van der Waals surface area contributed by atoms with Gasteiger partial charge in [0.15, 0.2) is 6.29 Å². The average Bonchev–Trinajstić information content (AvgIpc) is 2.27. The maximum Gasteiger partial charge on any atom is 0.150 e.